The highest BCUT2D eigenvalue weighted by molar-refractivity contribution is 5.93. The van der Waals surface area contributed by atoms with Gasteiger partial charge in [0.1, 0.15) is 17.9 Å². The fourth-order valence-corrected chi connectivity index (χ4v) is 4.81. The van der Waals surface area contributed by atoms with Gasteiger partial charge in [0.05, 0.1) is 12.6 Å². The monoisotopic (exact) mass is 477 g/mol. The predicted octanol–water partition coefficient (Wildman–Crippen LogP) is 3.73. The van der Waals surface area contributed by atoms with E-state index in [1.807, 2.05) is 36.4 Å². The lowest BCUT2D eigenvalue weighted by Crippen LogP contribution is -2.53. The Bertz CT molecular complexity index is 1180. The van der Waals surface area contributed by atoms with Gasteiger partial charge in [0, 0.05) is 61.9 Å². The maximum atomic E-state index is 11.8. The maximum absolute atomic E-state index is 11.8. The number of nitrogens with zero attached hydrogens (tertiary/aromatic N) is 4. The Morgan fingerprint density at radius 3 is 2.89 bits per heavy atom. The van der Waals surface area contributed by atoms with E-state index in [1.54, 1.807) is 19.5 Å². The van der Waals surface area contributed by atoms with Gasteiger partial charge in [0.2, 0.25) is 0 Å². The SMILES string of the molecule is C=CCN(C(=O)O)[C@@H]1CCN(Cc2cccc3ncnc(Nc4cccc(OC)c4)c23)C[C@H]1CO. The summed E-state index contributed by atoms with van der Waals surface area (Å²) in [4.78, 5) is 24.4. The van der Waals surface area contributed by atoms with Gasteiger partial charge in [-0.05, 0) is 30.2 Å². The number of hydrogen-bond acceptors (Lipinski definition) is 7. The van der Waals surface area contributed by atoms with Crippen molar-refractivity contribution in [3.05, 3.63) is 67.0 Å². The third-order valence-electron chi connectivity index (χ3n) is 6.46. The van der Waals surface area contributed by atoms with Crippen LogP contribution >= 0.6 is 0 Å². The molecule has 2 atom stereocenters. The van der Waals surface area contributed by atoms with E-state index < -0.39 is 6.09 Å². The quantitative estimate of drug-likeness (QED) is 0.400. The van der Waals surface area contributed by atoms with E-state index in [0.29, 0.717) is 31.9 Å². The summed E-state index contributed by atoms with van der Waals surface area (Å²) in [5, 5.41) is 24.0. The van der Waals surface area contributed by atoms with Crippen LogP contribution in [0.25, 0.3) is 10.9 Å². The minimum atomic E-state index is -0.985. The van der Waals surface area contributed by atoms with Gasteiger partial charge in [0.25, 0.3) is 0 Å². The van der Waals surface area contributed by atoms with Crippen molar-refractivity contribution in [3.8, 4) is 5.75 Å². The van der Waals surface area contributed by atoms with E-state index in [0.717, 1.165) is 27.9 Å². The largest absolute Gasteiger partial charge is 0.497 e. The van der Waals surface area contributed by atoms with Crippen molar-refractivity contribution in [1.29, 1.82) is 0 Å². The second-order valence-corrected chi connectivity index (χ2v) is 8.65. The molecule has 2 heterocycles. The van der Waals surface area contributed by atoms with Crippen molar-refractivity contribution in [1.82, 2.24) is 19.8 Å². The van der Waals surface area contributed by atoms with Crippen LogP contribution in [0.5, 0.6) is 5.75 Å². The summed E-state index contributed by atoms with van der Waals surface area (Å²) in [7, 11) is 1.63. The molecule has 0 bridgehead atoms. The Morgan fingerprint density at radius 2 is 2.14 bits per heavy atom. The molecule has 3 N–H and O–H groups in total. The number of aliphatic hydroxyl groups excluding tert-OH is 1. The Hall–Kier alpha value is -3.69. The molecule has 3 aromatic rings. The summed E-state index contributed by atoms with van der Waals surface area (Å²) in [6.07, 6.45) is 2.78. The van der Waals surface area contributed by atoms with Gasteiger partial charge in [-0.25, -0.2) is 14.8 Å². The zero-order valence-electron chi connectivity index (χ0n) is 19.8. The Kier molecular flexibility index (Phi) is 7.79. The van der Waals surface area contributed by atoms with E-state index >= 15 is 0 Å². The fourth-order valence-electron chi connectivity index (χ4n) is 4.81. The first-order chi connectivity index (χ1) is 17.0. The van der Waals surface area contributed by atoms with E-state index in [2.05, 4.69) is 32.8 Å². The molecule has 184 valence electrons. The third-order valence-corrected chi connectivity index (χ3v) is 6.46. The lowest BCUT2D eigenvalue weighted by atomic mass is 9.91. The molecule has 1 amide bonds. The first kappa shape index (κ1) is 24.4. The molecule has 1 saturated heterocycles. The average Bonchev–Trinajstić information content (AvgIpc) is 2.87. The molecule has 0 aliphatic carbocycles. The summed E-state index contributed by atoms with van der Waals surface area (Å²) < 4.78 is 5.33. The second-order valence-electron chi connectivity index (χ2n) is 8.65. The van der Waals surface area contributed by atoms with Gasteiger partial charge >= 0.3 is 6.09 Å². The lowest BCUT2D eigenvalue weighted by Gasteiger charge is -2.42. The van der Waals surface area contributed by atoms with Crippen LogP contribution in [0.4, 0.5) is 16.3 Å². The van der Waals surface area contributed by atoms with E-state index in [9.17, 15) is 15.0 Å². The van der Waals surface area contributed by atoms with Crippen LogP contribution in [0.2, 0.25) is 0 Å². The molecular weight excluding hydrogens is 446 g/mol. The Balaban J connectivity index is 1.58. The lowest BCUT2D eigenvalue weighted by molar-refractivity contribution is 0.0317. The number of piperidine rings is 1. The Morgan fingerprint density at radius 1 is 1.31 bits per heavy atom. The minimum absolute atomic E-state index is 0.0800. The van der Waals surface area contributed by atoms with E-state index in [4.69, 9.17) is 4.74 Å². The molecule has 35 heavy (non-hydrogen) atoms. The number of hydrogen-bond donors (Lipinski definition) is 3. The smallest absolute Gasteiger partial charge is 0.407 e. The summed E-state index contributed by atoms with van der Waals surface area (Å²) >= 11 is 0. The highest BCUT2D eigenvalue weighted by atomic mass is 16.5. The van der Waals surface area contributed by atoms with Crippen molar-refractivity contribution in [2.24, 2.45) is 5.92 Å². The van der Waals surface area contributed by atoms with E-state index in [1.165, 1.54) is 4.90 Å². The van der Waals surface area contributed by atoms with Gasteiger partial charge in [-0.1, -0.05) is 24.3 Å². The molecule has 2 aromatic carbocycles. The van der Waals surface area contributed by atoms with Gasteiger partial charge in [0.15, 0.2) is 0 Å². The molecule has 9 nitrogen and oxygen atoms in total. The van der Waals surface area contributed by atoms with Crippen LogP contribution in [-0.2, 0) is 6.54 Å². The summed E-state index contributed by atoms with van der Waals surface area (Å²) in [6, 6.07) is 13.4. The number of ether oxygens (including phenoxy) is 1. The Labute approximate surface area is 204 Å². The third kappa shape index (κ3) is 5.52. The van der Waals surface area contributed by atoms with E-state index in [-0.39, 0.29) is 25.1 Å². The standard InChI is InChI=1S/C26H31N5O4/c1-3-11-31(26(33)34)23-10-12-30(15-19(23)16-32)14-18-6-4-9-22-24(18)25(28-17-27-22)29-20-7-5-8-21(13-20)35-2/h3-9,13,17,19,23,32H,1,10-12,14-16H2,2H3,(H,33,34)(H,27,28,29)/t19-,23+/m0/s1. The molecule has 1 fully saturated rings. The van der Waals surface area contributed by atoms with Gasteiger partial charge in [-0.15, -0.1) is 6.58 Å². The van der Waals surface area contributed by atoms with Crippen LogP contribution < -0.4 is 10.1 Å². The van der Waals surface area contributed by atoms with Gasteiger partial charge < -0.3 is 25.2 Å². The molecule has 0 unspecified atom stereocenters. The molecule has 0 radical (unpaired) electrons. The number of aliphatic hydroxyl groups is 1. The number of benzene rings is 2. The number of aromatic nitrogens is 2. The number of fused-ring (bicyclic) bond motifs is 1. The molecule has 9 heteroatoms. The highest BCUT2D eigenvalue weighted by Gasteiger charge is 2.35. The first-order valence-electron chi connectivity index (χ1n) is 11.6. The summed E-state index contributed by atoms with van der Waals surface area (Å²) in [6.45, 7) is 5.78. The molecule has 1 aliphatic rings. The van der Waals surface area contributed by atoms with Gasteiger partial charge in [-0.2, -0.15) is 0 Å². The predicted molar refractivity (Wildman–Crippen MR) is 135 cm³/mol. The van der Waals surface area contributed by atoms with Gasteiger partial charge in [-0.3, -0.25) is 4.90 Å². The topological polar surface area (TPSA) is 111 Å². The molecule has 1 aromatic heterocycles. The molecule has 1 aliphatic heterocycles. The number of rotatable bonds is 9. The van der Waals surface area contributed by atoms with Crippen molar-refractivity contribution in [2.45, 2.75) is 19.0 Å². The molecule has 0 saturated carbocycles. The summed E-state index contributed by atoms with van der Waals surface area (Å²) in [5.74, 6) is 1.27. The van der Waals surface area contributed by atoms with Crippen molar-refractivity contribution < 1.29 is 19.7 Å². The first-order valence-corrected chi connectivity index (χ1v) is 11.6. The number of carboxylic acid groups (broad SMARTS) is 1. The van der Waals surface area contributed by atoms with Crippen molar-refractivity contribution >= 4 is 28.5 Å². The zero-order chi connectivity index (χ0) is 24.8. The number of methoxy groups -OCH3 is 1. The number of likely N-dealkylation sites (tertiary alicyclic amines) is 1. The second kappa shape index (κ2) is 11.2. The van der Waals surface area contributed by atoms with Crippen molar-refractivity contribution in [3.63, 3.8) is 0 Å². The number of amides is 1. The fraction of sp³-hybridized carbons (Fsp3) is 0.346. The van der Waals surface area contributed by atoms with Crippen LogP contribution in [-0.4, -0.2) is 75.5 Å². The highest BCUT2D eigenvalue weighted by Crippen LogP contribution is 2.30. The van der Waals surface area contributed by atoms with Crippen LogP contribution in [0.15, 0.2) is 61.4 Å². The number of nitrogens with one attached hydrogen (secondary N) is 1. The molecule has 0 spiro atoms. The van der Waals surface area contributed by atoms with Crippen molar-refractivity contribution in [2.75, 3.05) is 38.7 Å². The molecular formula is C26H31N5O4. The number of anilines is 2. The zero-order valence-corrected chi connectivity index (χ0v) is 19.8. The van der Waals surface area contributed by atoms with Crippen LogP contribution in [0.3, 0.4) is 0 Å². The number of carbonyl (C=O) groups is 1. The average molecular weight is 478 g/mol. The molecule has 4 rings (SSSR count). The normalized spacial score (nSPS) is 18.2. The van der Waals surface area contributed by atoms with Crippen LogP contribution in [0.1, 0.15) is 12.0 Å². The minimum Gasteiger partial charge on any atom is -0.497 e. The van der Waals surface area contributed by atoms with Crippen LogP contribution in [0, 0.1) is 5.92 Å². The summed E-state index contributed by atoms with van der Waals surface area (Å²) in [5.41, 5.74) is 2.75. The maximum Gasteiger partial charge on any atom is 0.407 e.